The van der Waals surface area contributed by atoms with Crippen molar-refractivity contribution in [3.05, 3.63) is 28.8 Å². The maximum absolute atomic E-state index is 6.37. The Bertz CT molecular complexity index is 355. The second-order valence-corrected chi connectivity index (χ2v) is 6.05. The fourth-order valence-corrected chi connectivity index (χ4v) is 2.55. The molecule has 0 saturated heterocycles. The van der Waals surface area contributed by atoms with Crippen LogP contribution >= 0.6 is 23.2 Å². The van der Waals surface area contributed by atoms with Crippen LogP contribution in [0.4, 0.5) is 0 Å². The first-order valence-corrected chi connectivity index (χ1v) is 6.12. The van der Waals surface area contributed by atoms with E-state index in [9.17, 15) is 0 Å². The van der Waals surface area contributed by atoms with Gasteiger partial charge >= 0.3 is 0 Å². The van der Waals surface area contributed by atoms with Crippen LogP contribution in [0.25, 0.3) is 0 Å². The topological polar surface area (TPSA) is 9.23 Å². The molecule has 0 amide bonds. The highest BCUT2D eigenvalue weighted by Gasteiger charge is 2.20. The predicted molar refractivity (Wildman–Crippen MR) is 70.7 cm³/mol. The van der Waals surface area contributed by atoms with Gasteiger partial charge in [0.1, 0.15) is 5.75 Å². The van der Waals surface area contributed by atoms with Gasteiger partial charge in [0.05, 0.1) is 12.5 Å². The first-order valence-electron chi connectivity index (χ1n) is 5.31. The van der Waals surface area contributed by atoms with Gasteiger partial charge in [0.15, 0.2) is 0 Å². The fourth-order valence-electron chi connectivity index (χ4n) is 1.54. The first-order chi connectivity index (χ1) is 7.33. The van der Waals surface area contributed by atoms with Crippen molar-refractivity contribution in [2.24, 2.45) is 5.41 Å². The van der Waals surface area contributed by atoms with Crippen LogP contribution in [0.1, 0.15) is 38.1 Å². The molecule has 0 bridgehead atoms. The lowest BCUT2D eigenvalue weighted by molar-refractivity contribution is 0.372. The van der Waals surface area contributed by atoms with Gasteiger partial charge in [-0.25, -0.2) is 0 Å². The molecular weight excluding hydrogens is 243 g/mol. The van der Waals surface area contributed by atoms with E-state index in [0.29, 0.717) is 5.02 Å². The van der Waals surface area contributed by atoms with Gasteiger partial charge in [-0.3, -0.25) is 0 Å². The Balaban J connectivity index is 2.88. The summed E-state index contributed by atoms with van der Waals surface area (Å²) >= 11 is 12.5. The Morgan fingerprint density at radius 1 is 1.31 bits per heavy atom. The summed E-state index contributed by atoms with van der Waals surface area (Å²) in [5.74, 6) is 0.758. The van der Waals surface area contributed by atoms with Crippen LogP contribution < -0.4 is 4.74 Å². The van der Waals surface area contributed by atoms with Gasteiger partial charge in [0.25, 0.3) is 0 Å². The SMILES string of the molecule is COc1ccc(C(Cl)CC(C)(C)C)c(Cl)c1. The lowest BCUT2D eigenvalue weighted by Gasteiger charge is -2.22. The van der Waals surface area contributed by atoms with Crippen molar-refractivity contribution in [1.29, 1.82) is 0 Å². The zero-order valence-corrected chi connectivity index (χ0v) is 11.7. The standard InChI is InChI=1S/C13H18Cl2O/c1-13(2,3)8-12(15)10-6-5-9(16-4)7-11(10)14/h5-7,12H,8H2,1-4H3. The third-order valence-electron chi connectivity index (χ3n) is 2.34. The molecule has 1 unspecified atom stereocenters. The minimum absolute atomic E-state index is 0.0570. The molecule has 1 nitrogen and oxygen atoms in total. The zero-order chi connectivity index (χ0) is 12.3. The smallest absolute Gasteiger partial charge is 0.120 e. The summed E-state index contributed by atoms with van der Waals surface area (Å²) in [6.45, 7) is 6.50. The molecule has 0 aromatic heterocycles. The molecule has 90 valence electrons. The molecule has 0 aliphatic rings. The van der Waals surface area contributed by atoms with Gasteiger partial charge in [-0.05, 0) is 29.5 Å². The largest absolute Gasteiger partial charge is 0.497 e. The highest BCUT2D eigenvalue weighted by Crippen LogP contribution is 2.38. The average molecular weight is 261 g/mol. The van der Waals surface area contributed by atoms with E-state index < -0.39 is 0 Å². The molecule has 0 radical (unpaired) electrons. The number of rotatable bonds is 3. The number of benzene rings is 1. The number of ether oxygens (including phenoxy) is 1. The summed E-state index contributed by atoms with van der Waals surface area (Å²) in [7, 11) is 1.62. The van der Waals surface area contributed by atoms with Crippen molar-refractivity contribution in [3.63, 3.8) is 0 Å². The Kier molecular flexibility index (Phi) is 4.52. The molecule has 0 N–H and O–H groups in total. The monoisotopic (exact) mass is 260 g/mol. The zero-order valence-electron chi connectivity index (χ0n) is 10.2. The van der Waals surface area contributed by atoms with Crippen molar-refractivity contribution in [2.75, 3.05) is 7.11 Å². The Morgan fingerprint density at radius 2 is 1.94 bits per heavy atom. The minimum Gasteiger partial charge on any atom is -0.497 e. The molecule has 16 heavy (non-hydrogen) atoms. The summed E-state index contributed by atoms with van der Waals surface area (Å²) in [4.78, 5) is 0. The maximum atomic E-state index is 6.37. The van der Waals surface area contributed by atoms with E-state index in [1.165, 1.54) is 0 Å². The second kappa shape index (κ2) is 5.29. The van der Waals surface area contributed by atoms with Crippen LogP contribution in [0.15, 0.2) is 18.2 Å². The lowest BCUT2D eigenvalue weighted by Crippen LogP contribution is -2.08. The number of halogens is 2. The van der Waals surface area contributed by atoms with E-state index >= 15 is 0 Å². The summed E-state index contributed by atoms with van der Waals surface area (Å²) < 4.78 is 5.10. The molecular formula is C13H18Cl2O. The molecule has 1 atom stereocenters. The Hall–Kier alpha value is -0.400. The lowest BCUT2D eigenvalue weighted by atomic mass is 9.88. The summed E-state index contributed by atoms with van der Waals surface area (Å²) in [6.07, 6.45) is 0.889. The molecule has 0 heterocycles. The first kappa shape index (κ1) is 13.7. The number of methoxy groups -OCH3 is 1. The number of hydrogen-bond donors (Lipinski definition) is 0. The van der Waals surface area contributed by atoms with Gasteiger partial charge in [-0.2, -0.15) is 0 Å². The minimum atomic E-state index is -0.0570. The molecule has 3 heteroatoms. The summed E-state index contributed by atoms with van der Waals surface area (Å²) in [5, 5.41) is 0.613. The Morgan fingerprint density at radius 3 is 2.38 bits per heavy atom. The van der Waals surface area contributed by atoms with Gasteiger partial charge in [-0.15, -0.1) is 11.6 Å². The van der Waals surface area contributed by atoms with E-state index in [-0.39, 0.29) is 10.8 Å². The van der Waals surface area contributed by atoms with Gasteiger partial charge < -0.3 is 4.74 Å². The van der Waals surface area contributed by atoms with E-state index in [4.69, 9.17) is 27.9 Å². The fraction of sp³-hybridized carbons (Fsp3) is 0.538. The highest BCUT2D eigenvalue weighted by atomic mass is 35.5. The molecule has 0 aliphatic heterocycles. The highest BCUT2D eigenvalue weighted by molar-refractivity contribution is 6.32. The molecule has 0 aliphatic carbocycles. The molecule has 0 spiro atoms. The van der Waals surface area contributed by atoms with Crippen molar-refractivity contribution in [1.82, 2.24) is 0 Å². The molecule has 1 rings (SSSR count). The maximum Gasteiger partial charge on any atom is 0.120 e. The van der Waals surface area contributed by atoms with Crippen LogP contribution in [-0.2, 0) is 0 Å². The third-order valence-corrected chi connectivity index (χ3v) is 3.05. The normalized spacial score (nSPS) is 13.6. The van der Waals surface area contributed by atoms with Crippen LogP contribution in [0, 0.1) is 5.41 Å². The van der Waals surface area contributed by atoms with Crippen LogP contribution in [0.3, 0.4) is 0 Å². The van der Waals surface area contributed by atoms with Crippen LogP contribution in [-0.4, -0.2) is 7.11 Å². The molecule has 1 aromatic carbocycles. The van der Waals surface area contributed by atoms with Crippen molar-refractivity contribution < 1.29 is 4.74 Å². The molecule has 0 fully saturated rings. The summed E-state index contributed by atoms with van der Waals surface area (Å²) in [5.41, 5.74) is 1.16. The second-order valence-electron chi connectivity index (χ2n) is 5.12. The predicted octanol–water partition coefficient (Wildman–Crippen LogP) is 5.06. The van der Waals surface area contributed by atoms with Crippen molar-refractivity contribution in [2.45, 2.75) is 32.6 Å². The van der Waals surface area contributed by atoms with E-state index in [0.717, 1.165) is 17.7 Å². The van der Waals surface area contributed by atoms with Crippen LogP contribution in [0.2, 0.25) is 5.02 Å². The molecule has 0 saturated carbocycles. The third kappa shape index (κ3) is 3.88. The van der Waals surface area contributed by atoms with Gasteiger partial charge in [0, 0.05) is 5.02 Å². The van der Waals surface area contributed by atoms with E-state index in [1.807, 2.05) is 12.1 Å². The van der Waals surface area contributed by atoms with Gasteiger partial charge in [0.2, 0.25) is 0 Å². The van der Waals surface area contributed by atoms with E-state index in [1.54, 1.807) is 13.2 Å². The average Bonchev–Trinajstić information content (AvgIpc) is 2.14. The van der Waals surface area contributed by atoms with E-state index in [2.05, 4.69) is 20.8 Å². The number of hydrogen-bond acceptors (Lipinski definition) is 1. The quantitative estimate of drug-likeness (QED) is 0.690. The van der Waals surface area contributed by atoms with Gasteiger partial charge in [-0.1, -0.05) is 38.4 Å². The molecule has 1 aromatic rings. The van der Waals surface area contributed by atoms with Crippen molar-refractivity contribution in [3.8, 4) is 5.75 Å². The van der Waals surface area contributed by atoms with Crippen molar-refractivity contribution >= 4 is 23.2 Å². The number of alkyl halides is 1. The summed E-state index contributed by atoms with van der Waals surface area (Å²) in [6, 6.07) is 5.62. The van der Waals surface area contributed by atoms with Crippen LogP contribution in [0.5, 0.6) is 5.75 Å². The Labute approximate surface area is 108 Å².